The van der Waals surface area contributed by atoms with Crippen molar-refractivity contribution < 1.29 is 0 Å². The molecule has 0 heteroatoms. The minimum absolute atomic E-state index is 0.651. The maximum Gasteiger partial charge on any atom is -0.00534 e. The molecular formula is C14H22. The summed E-state index contributed by atoms with van der Waals surface area (Å²) in [5.41, 5.74) is 1.66. The van der Waals surface area contributed by atoms with Gasteiger partial charge >= 0.3 is 0 Å². The fraction of sp³-hybridized carbons (Fsp3) is 0.571. The van der Waals surface area contributed by atoms with E-state index in [1.54, 1.807) is 5.57 Å². The van der Waals surface area contributed by atoms with Crippen LogP contribution in [0.25, 0.3) is 0 Å². The van der Waals surface area contributed by atoms with Crippen molar-refractivity contribution in [2.75, 3.05) is 0 Å². The van der Waals surface area contributed by atoms with Crippen molar-refractivity contribution in [2.24, 2.45) is 5.92 Å². The van der Waals surface area contributed by atoms with Crippen LogP contribution in [0.15, 0.2) is 37.0 Å². The standard InChI is InChI=1S/C14H22/c1-3-5-6-7-9-14-11-8-10-13(4-2)12-14/h3-4,12-13H,1-2,5-11H2. The summed E-state index contributed by atoms with van der Waals surface area (Å²) in [7, 11) is 0. The molecule has 0 nitrogen and oxygen atoms in total. The number of hydrogen-bond donors (Lipinski definition) is 0. The Balaban J connectivity index is 2.25. The summed E-state index contributed by atoms with van der Waals surface area (Å²) in [4.78, 5) is 0. The predicted octanol–water partition coefficient (Wildman–Crippen LogP) is 4.65. The molecule has 1 aliphatic rings. The van der Waals surface area contributed by atoms with Gasteiger partial charge in [0, 0.05) is 0 Å². The number of hydrogen-bond acceptors (Lipinski definition) is 0. The van der Waals surface area contributed by atoms with Gasteiger partial charge < -0.3 is 0 Å². The zero-order chi connectivity index (χ0) is 10.2. The van der Waals surface area contributed by atoms with Crippen molar-refractivity contribution >= 4 is 0 Å². The zero-order valence-electron chi connectivity index (χ0n) is 9.17. The number of rotatable bonds is 6. The van der Waals surface area contributed by atoms with Crippen LogP contribution in [0.2, 0.25) is 0 Å². The molecule has 1 aliphatic carbocycles. The van der Waals surface area contributed by atoms with Gasteiger partial charge in [0.2, 0.25) is 0 Å². The summed E-state index contributed by atoms with van der Waals surface area (Å²) in [6.07, 6.45) is 15.6. The summed E-state index contributed by atoms with van der Waals surface area (Å²) in [6.45, 7) is 7.61. The van der Waals surface area contributed by atoms with E-state index in [2.05, 4.69) is 25.3 Å². The number of allylic oxidation sites excluding steroid dienone is 4. The van der Waals surface area contributed by atoms with Gasteiger partial charge in [-0.3, -0.25) is 0 Å². The molecule has 0 aromatic carbocycles. The lowest BCUT2D eigenvalue weighted by Gasteiger charge is -2.18. The van der Waals surface area contributed by atoms with Crippen LogP contribution >= 0.6 is 0 Å². The zero-order valence-corrected chi connectivity index (χ0v) is 9.17. The molecule has 1 unspecified atom stereocenters. The molecule has 0 aromatic rings. The minimum Gasteiger partial charge on any atom is -0.103 e. The van der Waals surface area contributed by atoms with Gasteiger partial charge in [-0.15, -0.1) is 13.2 Å². The fourth-order valence-corrected chi connectivity index (χ4v) is 2.07. The van der Waals surface area contributed by atoms with E-state index in [9.17, 15) is 0 Å². The van der Waals surface area contributed by atoms with Gasteiger partial charge in [0.05, 0.1) is 0 Å². The Morgan fingerprint density at radius 3 is 2.93 bits per heavy atom. The molecule has 0 aliphatic heterocycles. The van der Waals surface area contributed by atoms with E-state index in [1.807, 2.05) is 6.08 Å². The first-order valence-corrected chi connectivity index (χ1v) is 5.80. The summed E-state index contributed by atoms with van der Waals surface area (Å²) in [5.74, 6) is 0.651. The Morgan fingerprint density at radius 2 is 2.21 bits per heavy atom. The van der Waals surface area contributed by atoms with Crippen molar-refractivity contribution in [3.05, 3.63) is 37.0 Å². The molecule has 0 amide bonds. The Kier molecular flexibility index (Phi) is 5.36. The highest BCUT2D eigenvalue weighted by molar-refractivity contribution is 5.11. The lowest BCUT2D eigenvalue weighted by Crippen LogP contribution is -2.01. The summed E-state index contributed by atoms with van der Waals surface area (Å²) >= 11 is 0. The van der Waals surface area contributed by atoms with E-state index in [0.717, 1.165) is 6.42 Å². The van der Waals surface area contributed by atoms with E-state index >= 15 is 0 Å². The largest absolute Gasteiger partial charge is 0.103 e. The summed E-state index contributed by atoms with van der Waals surface area (Å²) < 4.78 is 0. The van der Waals surface area contributed by atoms with Crippen LogP contribution in [0.3, 0.4) is 0 Å². The van der Waals surface area contributed by atoms with Gasteiger partial charge in [0.25, 0.3) is 0 Å². The molecular weight excluding hydrogens is 168 g/mol. The van der Waals surface area contributed by atoms with Gasteiger partial charge in [-0.2, -0.15) is 0 Å². The van der Waals surface area contributed by atoms with Crippen molar-refractivity contribution in [3.8, 4) is 0 Å². The van der Waals surface area contributed by atoms with Gasteiger partial charge in [-0.25, -0.2) is 0 Å². The van der Waals surface area contributed by atoms with E-state index < -0.39 is 0 Å². The van der Waals surface area contributed by atoms with Crippen LogP contribution in [0.4, 0.5) is 0 Å². The molecule has 78 valence electrons. The molecule has 0 radical (unpaired) electrons. The molecule has 0 saturated heterocycles. The Bertz CT molecular complexity index is 210. The maximum atomic E-state index is 3.87. The van der Waals surface area contributed by atoms with Gasteiger partial charge in [-0.05, 0) is 50.9 Å². The van der Waals surface area contributed by atoms with E-state index in [-0.39, 0.29) is 0 Å². The summed E-state index contributed by atoms with van der Waals surface area (Å²) in [5, 5.41) is 0. The van der Waals surface area contributed by atoms with E-state index in [0.29, 0.717) is 5.92 Å². The molecule has 0 saturated carbocycles. The molecule has 0 N–H and O–H groups in total. The van der Waals surface area contributed by atoms with Gasteiger partial charge in [-0.1, -0.05) is 23.8 Å². The van der Waals surface area contributed by atoms with Crippen LogP contribution in [0, 0.1) is 5.92 Å². The average Bonchev–Trinajstić information content (AvgIpc) is 2.25. The smallest absolute Gasteiger partial charge is 0.00534 e. The molecule has 1 atom stereocenters. The fourth-order valence-electron chi connectivity index (χ4n) is 2.07. The first-order valence-electron chi connectivity index (χ1n) is 5.80. The second-order valence-electron chi connectivity index (χ2n) is 4.15. The normalized spacial score (nSPS) is 21.4. The number of unbranched alkanes of at least 4 members (excludes halogenated alkanes) is 2. The highest BCUT2D eigenvalue weighted by Crippen LogP contribution is 2.26. The highest BCUT2D eigenvalue weighted by Gasteiger charge is 2.09. The third kappa shape index (κ3) is 3.95. The average molecular weight is 190 g/mol. The predicted molar refractivity (Wildman–Crippen MR) is 64.3 cm³/mol. The summed E-state index contributed by atoms with van der Waals surface area (Å²) in [6, 6.07) is 0. The topological polar surface area (TPSA) is 0 Å². The first kappa shape index (κ1) is 11.3. The Labute approximate surface area is 88.4 Å². The molecule has 0 heterocycles. The van der Waals surface area contributed by atoms with E-state index in [1.165, 1.54) is 38.5 Å². The molecule has 1 rings (SSSR count). The highest BCUT2D eigenvalue weighted by atomic mass is 14.1. The van der Waals surface area contributed by atoms with Crippen molar-refractivity contribution in [3.63, 3.8) is 0 Å². The Morgan fingerprint density at radius 1 is 1.36 bits per heavy atom. The quantitative estimate of drug-likeness (QED) is 0.422. The molecule has 0 aromatic heterocycles. The monoisotopic (exact) mass is 190 g/mol. The van der Waals surface area contributed by atoms with Crippen molar-refractivity contribution in [1.82, 2.24) is 0 Å². The molecule has 0 fully saturated rings. The van der Waals surface area contributed by atoms with Crippen molar-refractivity contribution in [2.45, 2.75) is 44.9 Å². The van der Waals surface area contributed by atoms with Crippen LogP contribution < -0.4 is 0 Å². The second-order valence-corrected chi connectivity index (χ2v) is 4.15. The van der Waals surface area contributed by atoms with Gasteiger partial charge in [0.15, 0.2) is 0 Å². The van der Waals surface area contributed by atoms with Crippen LogP contribution in [-0.4, -0.2) is 0 Å². The van der Waals surface area contributed by atoms with Crippen molar-refractivity contribution in [1.29, 1.82) is 0 Å². The van der Waals surface area contributed by atoms with Gasteiger partial charge in [0.1, 0.15) is 0 Å². The van der Waals surface area contributed by atoms with Crippen LogP contribution in [-0.2, 0) is 0 Å². The maximum absolute atomic E-state index is 3.87. The SMILES string of the molecule is C=CCCCCC1=CC(C=C)CCC1. The third-order valence-electron chi connectivity index (χ3n) is 2.94. The third-order valence-corrected chi connectivity index (χ3v) is 2.94. The lowest BCUT2D eigenvalue weighted by atomic mass is 9.88. The Hall–Kier alpha value is -0.780. The van der Waals surface area contributed by atoms with Crippen LogP contribution in [0.5, 0.6) is 0 Å². The first-order chi connectivity index (χ1) is 6.86. The molecule has 0 spiro atoms. The molecule has 14 heavy (non-hydrogen) atoms. The molecule has 0 bridgehead atoms. The van der Waals surface area contributed by atoms with E-state index in [4.69, 9.17) is 0 Å². The second kappa shape index (κ2) is 6.64. The van der Waals surface area contributed by atoms with Crippen LogP contribution in [0.1, 0.15) is 44.9 Å². The lowest BCUT2D eigenvalue weighted by molar-refractivity contribution is 0.585. The minimum atomic E-state index is 0.651.